The average molecular weight is 560 g/mol. The standard InChI is InChI=1S/C24H20Br2N2O4/c1-30-20-10-14(9-17(26)23(20)31-12-13-5-7-15(25)8-6-13)21-16(11-27)24(28)32-19-4-2-3-18(29)22(19)21/h5-10,21H,2-4,12,28H2,1H3/t21-/m0/s1. The summed E-state index contributed by atoms with van der Waals surface area (Å²) in [5.74, 6) is 0.972. The zero-order valence-corrected chi connectivity index (χ0v) is 20.5. The second kappa shape index (κ2) is 9.39. The maximum Gasteiger partial charge on any atom is 0.205 e. The number of nitriles is 1. The molecular weight excluding hydrogens is 540 g/mol. The van der Waals surface area contributed by atoms with Crippen LogP contribution in [0.1, 0.15) is 36.3 Å². The van der Waals surface area contributed by atoms with E-state index >= 15 is 0 Å². The number of methoxy groups -OCH3 is 1. The summed E-state index contributed by atoms with van der Waals surface area (Å²) in [6, 6.07) is 13.6. The zero-order valence-electron chi connectivity index (χ0n) is 17.3. The quantitative estimate of drug-likeness (QED) is 0.511. The van der Waals surface area contributed by atoms with Crippen molar-refractivity contribution in [3.8, 4) is 17.6 Å². The summed E-state index contributed by atoms with van der Waals surface area (Å²) in [7, 11) is 1.55. The highest BCUT2D eigenvalue weighted by Gasteiger charge is 2.38. The van der Waals surface area contributed by atoms with Crippen molar-refractivity contribution in [3.63, 3.8) is 0 Å². The molecule has 0 saturated carbocycles. The fourth-order valence-electron chi connectivity index (χ4n) is 3.97. The second-order valence-electron chi connectivity index (χ2n) is 7.49. The third-order valence-electron chi connectivity index (χ3n) is 5.49. The van der Waals surface area contributed by atoms with Crippen LogP contribution in [0.25, 0.3) is 0 Å². The number of carbonyl (C=O) groups excluding carboxylic acids is 1. The van der Waals surface area contributed by atoms with Gasteiger partial charge in [-0.2, -0.15) is 5.26 Å². The zero-order chi connectivity index (χ0) is 22.8. The Labute approximate surface area is 202 Å². The van der Waals surface area contributed by atoms with Gasteiger partial charge in [0.05, 0.1) is 17.5 Å². The van der Waals surface area contributed by atoms with Gasteiger partial charge in [0, 0.05) is 22.9 Å². The van der Waals surface area contributed by atoms with Crippen LogP contribution in [0.4, 0.5) is 0 Å². The van der Waals surface area contributed by atoms with Crippen LogP contribution in [0, 0.1) is 11.3 Å². The van der Waals surface area contributed by atoms with Crippen molar-refractivity contribution in [3.05, 3.63) is 79.3 Å². The van der Waals surface area contributed by atoms with Gasteiger partial charge in [0.25, 0.3) is 0 Å². The highest BCUT2D eigenvalue weighted by atomic mass is 79.9. The predicted molar refractivity (Wildman–Crippen MR) is 126 cm³/mol. The van der Waals surface area contributed by atoms with E-state index in [1.807, 2.05) is 30.3 Å². The molecule has 0 saturated heterocycles. The minimum atomic E-state index is -0.609. The monoisotopic (exact) mass is 558 g/mol. The van der Waals surface area contributed by atoms with Gasteiger partial charge in [0.1, 0.15) is 24.0 Å². The number of nitrogens with two attached hydrogens (primary N) is 1. The Morgan fingerprint density at radius 2 is 1.97 bits per heavy atom. The van der Waals surface area contributed by atoms with Crippen molar-refractivity contribution in [1.82, 2.24) is 0 Å². The van der Waals surface area contributed by atoms with E-state index in [1.165, 1.54) is 0 Å². The van der Waals surface area contributed by atoms with Crippen molar-refractivity contribution in [2.45, 2.75) is 31.8 Å². The van der Waals surface area contributed by atoms with E-state index in [0.29, 0.717) is 58.7 Å². The Balaban J connectivity index is 1.73. The first-order chi connectivity index (χ1) is 15.4. The van der Waals surface area contributed by atoms with Crippen LogP contribution in [0.15, 0.2) is 68.1 Å². The smallest absolute Gasteiger partial charge is 0.205 e. The normalized spacial score (nSPS) is 18.1. The molecule has 1 atom stereocenters. The first-order valence-electron chi connectivity index (χ1n) is 10.0. The van der Waals surface area contributed by atoms with E-state index in [4.69, 9.17) is 19.9 Å². The molecule has 0 aromatic heterocycles. The molecular formula is C24H20Br2N2O4. The van der Waals surface area contributed by atoms with E-state index in [1.54, 1.807) is 13.2 Å². The molecule has 1 aliphatic carbocycles. The van der Waals surface area contributed by atoms with E-state index in [0.717, 1.165) is 10.0 Å². The number of ketones is 1. The van der Waals surface area contributed by atoms with Crippen LogP contribution in [-0.4, -0.2) is 12.9 Å². The predicted octanol–water partition coefficient (Wildman–Crippen LogP) is 5.61. The van der Waals surface area contributed by atoms with Gasteiger partial charge in [0.15, 0.2) is 17.3 Å². The molecule has 1 aliphatic heterocycles. The highest BCUT2D eigenvalue weighted by molar-refractivity contribution is 9.10. The molecule has 32 heavy (non-hydrogen) atoms. The third-order valence-corrected chi connectivity index (χ3v) is 6.60. The lowest BCUT2D eigenvalue weighted by Crippen LogP contribution is -2.27. The van der Waals surface area contributed by atoms with E-state index in [9.17, 15) is 10.1 Å². The number of hydrogen-bond donors (Lipinski definition) is 1. The SMILES string of the molecule is COc1cc([C@H]2C(C#N)=C(N)OC3=C2C(=O)CCC3)cc(Br)c1OCc1ccc(Br)cc1. The number of benzene rings is 2. The van der Waals surface area contributed by atoms with Gasteiger partial charge < -0.3 is 19.9 Å². The largest absolute Gasteiger partial charge is 0.493 e. The highest BCUT2D eigenvalue weighted by Crippen LogP contribution is 2.47. The summed E-state index contributed by atoms with van der Waals surface area (Å²) in [5, 5.41) is 9.78. The van der Waals surface area contributed by atoms with Crippen LogP contribution in [0.2, 0.25) is 0 Å². The number of nitrogens with zero attached hydrogens (tertiary/aromatic N) is 1. The summed E-state index contributed by atoms with van der Waals surface area (Å²) in [5.41, 5.74) is 8.47. The van der Waals surface area contributed by atoms with Gasteiger partial charge in [0.2, 0.25) is 5.88 Å². The summed E-state index contributed by atoms with van der Waals surface area (Å²) >= 11 is 7.00. The molecule has 2 aliphatic rings. The van der Waals surface area contributed by atoms with E-state index < -0.39 is 5.92 Å². The van der Waals surface area contributed by atoms with Crippen molar-refractivity contribution in [1.29, 1.82) is 5.26 Å². The van der Waals surface area contributed by atoms with E-state index in [2.05, 4.69) is 37.9 Å². The topological polar surface area (TPSA) is 94.6 Å². The number of rotatable bonds is 5. The number of carbonyl (C=O) groups is 1. The molecule has 4 rings (SSSR count). The Morgan fingerprint density at radius 3 is 2.66 bits per heavy atom. The molecule has 0 spiro atoms. The fourth-order valence-corrected chi connectivity index (χ4v) is 4.81. The third kappa shape index (κ3) is 4.27. The second-order valence-corrected chi connectivity index (χ2v) is 9.26. The minimum absolute atomic E-state index is 0.0258. The molecule has 1 heterocycles. The van der Waals surface area contributed by atoms with Crippen molar-refractivity contribution < 1.29 is 19.0 Å². The van der Waals surface area contributed by atoms with Crippen LogP contribution >= 0.6 is 31.9 Å². The lowest BCUT2D eigenvalue weighted by molar-refractivity contribution is -0.116. The lowest BCUT2D eigenvalue weighted by Gasteiger charge is -2.31. The maximum atomic E-state index is 12.8. The molecule has 6 nitrogen and oxygen atoms in total. The van der Waals surface area contributed by atoms with Crippen molar-refractivity contribution in [2.24, 2.45) is 5.73 Å². The minimum Gasteiger partial charge on any atom is -0.493 e. The Bertz CT molecular complexity index is 1180. The molecule has 0 unspecified atom stereocenters. The number of halogens is 2. The fraction of sp³-hybridized carbons (Fsp3) is 0.250. The Hall–Kier alpha value is -2.76. The molecule has 164 valence electrons. The van der Waals surface area contributed by atoms with Gasteiger partial charge in [-0.15, -0.1) is 0 Å². The molecule has 0 fully saturated rings. The van der Waals surface area contributed by atoms with Gasteiger partial charge >= 0.3 is 0 Å². The molecule has 0 amide bonds. The van der Waals surface area contributed by atoms with Gasteiger partial charge in [-0.25, -0.2) is 0 Å². The molecule has 0 bridgehead atoms. The number of allylic oxidation sites excluding steroid dienone is 3. The first-order valence-corrected chi connectivity index (χ1v) is 11.6. The van der Waals surface area contributed by atoms with Gasteiger partial charge in [-0.1, -0.05) is 28.1 Å². The first kappa shape index (κ1) is 22.4. The molecule has 8 heteroatoms. The van der Waals surface area contributed by atoms with Gasteiger partial charge in [-0.05, 0) is 57.7 Å². The van der Waals surface area contributed by atoms with Gasteiger partial charge in [-0.3, -0.25) is 4.79 Å². The lowest BCUT2D eigenvalue weighted by atomic mass is 9.77. The summed E-state index contributed by atoms with van der Waals surface area (Å²) in [4.78, 5) is 12.8. The van der Waals surface area contributed by atoms with E-state index in [-0.39, 0.29) is 17.2 Å². The van der Waals surface area contributed by atoms with Crippen molar-refractivity contribution in [2.75, 3.05) is 7.11 Å². The maximum absolute atomic E-state index is 12.8. The summed E-state index contributed by atoms with van der Waals surface area (Å²) < 4.78 is 18.9. The Kier molecular flexibility index (Phi) is 6.58. The number of Topliss-reactive ketones (excluding diaryl/α,β-unsaturated/α-hetero) is 1. The Morgan fingerprint density at radius 1 is 1.22 bits per heavy atom. The van der Waals surface area contributed by atoms with Crippen LogP contribution in [-0.2, 0) is 16.1 Å². The van der Waals surface area contributed by atoms with Crippen LogP contribution in [0.3, 0.4) is 0 Å². The van der Waals surface area contributed by atoms with Crippen molar-refractivity contribution >= 4 is 37.6 Å². The molecule has 2 aromatic rings. The number of hydrogen-bond acceptors (Lipinski definition) is 6. The summed E-state index contributed by atoms with van der Waals surface area (Å²) in [6.07, 6.45) is 1.74. The molecule has 2 aromatic carbocycles. The van der Waals surface area contributed by atoms with Crippen LogP contribution in [0.5, 0.6) is 11.5 Å². The molecule has 0 radical (unpaired) electrons. The summed E-state index contributed by atoms with van der Waals surface area (Å²) in [6.45, 7) is 0.350. The van der Waals surface area contributed by atoms with Crippen LogP contribution < -0.4 is 15.2 Å². The number of ether oxygens (including phenoxy) is 3. The molecule has 2 N–H and O–H groups in total. The average Bonchev–Trinajstić information content (AvgIpc) is 2.78.